The highest BCUT2D eigenvalue weighted by Gasteiger charge is 2.18. The molecule has 12 heteroatoms. The van der Waals surface area contributed by atoms with Gasteiger partial charge in [-0.25, -0.2) is 18.4 Å². The molecule has 3 aromatic carbocycles. The van der Waals surface area contributed by atoms with Gasteiger partial charge in [-0.2, -0.15) is 0 Å². The number of carbonyl (C=O) groups excluding carboxylic acids is 1. The van der Waals surface area contributed by atoms with E-state index >= 15 is 0 Å². The van der Waals surface area contributed by atoms with E-state index in [-0.39, 0.29) is 22.4 Å². The number of benzene rings is 3. The van der Waals surface area contributed by atoms with Crippen LogP contribution in [-0.4, -0.2) is 44.8 Å². The predicted octanol–water partition coefficient (Wildman–Crippen LogP) is 5.18. The van der Waals surface area contributed by atoms with E-state index in [1.165, 1.54) is 36.0 Å². The third-order valence-corrected chi connectivity index (χ3v) is 8.24. The van der Waals surface area contributed by atoms with Gasteiger partial charge in [0.15, 0.2) is 11.0 Å². The quantitative estimate of drug-likeness (QED) is 0.226. The van der Waals surface area contributed by atoms with Gasteiger partial charge >= 0.3 is 0 Å². The van der Waals surface area contributed by atoms with Crippen LogP contribution in [0, 0.1) is 20.8 Å². The van der Waals surface area contributed by atoms with Gasteiger partial charge in [0.05, 0.1) is 10.6 Å². The predicted molar refractivity (Wildman–Crippen MR) is 160 cm³/mol. The number of aryl methyl sites for hydroxylation is 3. The molecule has 2 aromatic heterocycles. The van der Waals surface area contributed by atoms with Crippen molar-refractivity contribution in [3.05, 3.63) is 102 Å². The summed E-state index contributed by atoms with van der Waals surface area (Å²) < 4.78 is 30.0. The van der Waals surface area contributed by atoms with Crippen molar-refractivity contribution in [1.29, 1.82) is 0 Å². The van der Waals surface area contributed by atoms with Crippen molar-refractivity contribution in [2.75, 3.05) is 15.8 Å². The first-order valence-corrected chi connectivity index (χ1v) is 15.1. The molecule has 0 aliphatic rings. The largest absolute Gasteiger partial charge is 0.325 e. The van der Waals surface area contributed by atoms with E-state index in [1.54, 1.807) is 19.9 Å². The highest BCUT2D eigenvalue weighted by Crippen LogP contribution is 2.28. The molecule has 208 valence electrons. The Morgan fingerprint density at radius 2 is 1.59 bits per heavy atom. The molecule has 0 saturated carbocycles. The zero-order valence-electron chi connectivity index (χ0n) is 22.6. The average Bonchev–Trinajstić information content (AvgIpc) is 3.36. The highest BCUT2D eigenvalue weighted by atomic mass is 32.2. The molecule has 0 atom stereocenters. The summed E-state index contributed by atoms with van der Waals surface area (Å²) >= 11 is 1.26. The second-order valence-electron chi connectivity index (χ2n) is 9.25. The van der Waals surface area contributed by atoms with Gasteiger partial charge in [-0.3, -0.25) is 14.1 Å². The molecule has 5 aromatic rings. The van der Waals surface area contributed by atoms with Crippen LogP contribution in [0.1, 0.15) is 17.1 Å². The minimum atomic E-state index is -3.87. The smallest absolute Gasteiger partial charge is 0.263 e. The molecule has 0 unspecified atom stereocenters. The zero-order chi connectivity index (χ0) is 29.0. The maximum atomic E-state index is 12.8. The van der Waals surface area contributed by atoms with Gasteiger partial charge in [0.1, 0.15) is 11.6 Å². The first-order chi connectivity index (χ1) is 19.7. The summed E-state index contributed by atoms with van der Waals surface area (Å²) in [5.74, 6) is 1.14. The number of hydrogen-bond donors (Lipinski definition) is 2. The number of aromatic nitrogens is 5. The van der Waals surface area contributed by atoms with Crippen molar-refractivity contribution in [3.8, 4) is 17.1 Å². The van der Waals surface area contributed by atoms with E-state index in [4.69, 9.17) is 0 Å². The SMILES string of the molecule is Cc1ccc(-n2c(SCC(=O)Nc3ccc(S(=O)(=O)Nc4cc(C)nc(C)n4)cc3)nnc2-c2ccccc2)cc1. The van der Waals surface area contributed by atoms with Crippen LogP contribution in [0.15, 0.2) is 95.0 Å². The van der Waals surface area contributed by atoms with Crippen molar-refractivity contribution in [1.82, 2.24) is 24.7 Å². The van der Waals surface area contributed by atoms with E-state index < -0.39 is 10.0 Å². The van der Waals surface area contributed by atoms with Crippen molar-refractivity contribution >= 4 is 39.2 Å². The fraction of sp³-hybridized carbons (Fsp3) is 0.138. The Balaban J connectivity index is 1.27. The Bertz CT molecular complexity index is 1770. The topological polar surface area (TPSA) is 132 Å². The van der Waals surface area contributed by atoms with Crippen LogP contribution in [0.3, 0.4) is 0 Å². The summed E-state index contributed by atoms with van der Waals surface area (Å²) in [6.07, 6.45) is 0. The summed E-state index contributed by atoms with van der Waals surface area (Å²) in [7, 11) is -3.87. The van der Waals surface area contributed by atoms with Gasteiger partial charge in [-0.1, -0.05) is 59.8 Å². The van der Waals surface area contributed by atoms with Crippen molar-refractivity contribution < 1.29 is 13.2 Å². The van der Waals surface area contributed by atoms with Gasteiger partial charge in [-0.15, -0.1) is 10.2 Å². The van der Waals surface area contributed by atoms with Crippen LogP contribution in [0.5, 0.6) is 0 Å². The molecule has 0 spiro atoms. The number of nitrogens with zero attached hydrogens (tertiary/aromatic N) is 5. The summed E-state index contributed by atoms with van der Waals surface area (Å²) in [6.45, 7) is 5.47. The molecule has 2 N–H and O–H groups in total. The van der Waals surface area contributed by atoms with Gasteiger partial charge < -0.3 is 5.32 Å². The van der Waals surface area contributed by atoms with Gasteiger partial charge in [-0.05, 0) is 57.2 Å². The molecule has 41 heavy (non-hydrogen) atoms. The number of nitrogens with one attached hydrogen (secondary N) is 2. The van der Waals surface area contributed by atoms with Crippen LogP contribution >= 0.6 is 11.8 Å². The van der Waals surface area contributed by atoms with Gasteiger partial charge in [0, 0.05) is 28.7 Å². The Hall–Kier alpha value is -4.55. The number of amides is 1. The van der Waals surface area contributed by atoms with Crippen molar-refractivity contribution in [2.45, 2.75) is 30.8 Å². The van der Waals surface area contributed by atoms with E-state index in [0.717, 1.165) is 16.8 Å². The van der Waals surface area contributed by atoms with Crippen molar-refractivity contribution in [3.63, 3.8) is 0 Å². The monoisotopic (exact) mass is 585 g/mol. The van der Waals surface area contributed by atoms with E-state index in [0.29, 0.717) is 28.2 Å². The first-order valence-electron chi connectivity index (χ1n) is 12.6. The second-order valence-corrected chi connectivity index (χ2v) is 11.9. The summed E-state index contributed by atoms with van der Waals surface area (Å²) in [4.78, 5) is 21.1. The summed E-state index contributed by atoms with van der Waals surface area (Å²) in [5, 5.41) is 12.2. The fourth-order valence-corrected chi connectivity index (χ4v) is 5.82. The van der Waals surface area contributed by atoms with E-state index in [2.05, 4.69) is 30.2 Å². The lowest BCUT2D eigenvalue weighted by Gasteiger charge is -2.11. The number of thioether (sulfide) groups is 1. The Kier molecular flexibility index (Phi) is 8.13. The third-order valence-electron chi connectivity index (χ3n) is 5.94. The standard InChI is InChI=1S/C29H27N7O3S2/c1-19-9-13-24(14-10-19)36-28(22-7-5-4-6-8-22)33-34-29(36)40-18-27(37)32-23-11-15-25(16-12-23)41(38,39)35-26-17-20(2)30-21(3)31-26/h4-17H,18H2,1-3H3,(H,32,37)(H,30,31,35). The van der Waals surface area contributed by atoms with Gasteiger partial charge in [0.25, 0.3) is 10.0 Å². The molecule has 1 amide bonds. The molecular formula is C29H27N7O3S2. The molecule has 0 aliphatic heterocycles. The molecule has 0 radical (unpaired) electrons. The highest BCUT2D eigenvalue weighted by molar-refractivity contribution is 7.99. The lowest BCUT2D eigenvalue weighted by Crippen LogP contribution is -2.16. The van der Waals surface area contributed by atoms with Crippen LogP contribution in [0.25, 0.3) is 17.1 Å². The Morgan fingerprint density at radius 1 is 0.878 bits per heavy atom. The minimum Gasteiger partial charge on any atom is -0.325 e. The molecule has 2 heterocycles. The van der Waals surface area contributed by atoms with Gasteiger partial charge in [0.2, 0.25) is 5.91 Å². The normalized spacial score (nSPS) is 11.3. The van der Waals surface area contributed by atoms with Crippen LogP contribution in [-0.2, 0) is 14.8 Å². The van der Waals surface area contributed by atoms with Crippen LogP contribution in [0.2, 0.25) is 0 Å². The molecule has 0 aliphatic carbocycles. The van der Waals surface area contributed by atoms with Crippen molar-refractivity contribution in [2.24, 2.45) is 0 Å². The Morgan fingerprint density at radius 3 is 2.27 bits per heavy atom. The van der Waals surface area contributed by atoms with E-state index in [1.807, 2.05) is 66.1 Å². The van der Waals surface area contributed by atoms with Crippen LogP contribution < -0.4 is 10.0 Å². The molecule has 0 fully saturated rings. The molecule has 5 rings (SSSR count). The number of carbonyl (C=O) groups is 1. The van der Waals surface area contributed by atoms with Crippen LogP contribution in [0.4, 0.5) is 11.5 Å². The Labute approximate surface area is 242 Å². The lowest BCUT2D eigenvalue weighted by atomic mass is 10.2. The number of hydrogen-bond acceptors (Lipinski definition) is 8. The summed E-state index contributed by atoms with van der Waals surface area (Å²) in [6, 6.07) is 25.2. The number of rotatable bonds is 9. The maximum Gasteiger partial charge on any atom is 0.263 e. The number of sulfonamides is 1. The molecule has 0 saturated heterocycles. The zero-order valence-corrected chi connectivity index (χ0v) is 24.2. The minimum absolute atomic E-state index is 0.0402. The fourth-order valence-electron chi connectivity index (χ4n) is 4.07. The first kappa shape index (κ1) is 28.0. The maximum absolute atomic E-state index is 12.8. The molecular weight excluding hydrogens is 558 g/mol. The summed E-state index contributed by atoms with van der Waals surface area (Å²) in [5.41, 5.74) is 4.05. The number of anilines is 2. The third kappa shape index (κ3) is 6.79. The molecule has 10 nitrogen and oxygen atoms in total. The van der Waals surface area contributed by atoms with E-state index in [9.17, 15) is 13.2 Å². The second kappa shape index (κ2) is 11.9. The average molecular weight is 586 g/mol. The molecule has 0 bridgehead atoms. The lowest BCUT2D eigenvalue weighted by molar-refractivity contribution is -0.113.